The number of esters is 1. The van der Waals surface area contributed by atoms with Crippen LogP contribution in [-0.4, -0.2) is 65.8 Å². The second-order valence-electron chi connectivity index (χ2n) is 10.4. The fourth-order valence-corrected chi connectivity index (χ4v) is 5.80. The summed E-state index contributed by atoms with van der Waals surface area (Å²) in [6, 6.07) is 13.1. The lowest BCUT2D eigenvalue weighted by atomic mass is 9.65. The van der Waals surface area contributed by atoms with Crippen LogP contribution in [0.1, 0.15) is 56.0 Å². The molecule has 0 spiro atoms. The molecule has 210 valence electrons. The van der Waals surface area contributed by atoms with Gasteiger partial charge in [0.05, 0.1) is 11.0 Å². The van der Waals surface area contributed by atoms with Crippen LogP contribution in [0.4, 0.5) is 4.39 Å². The van der Waals surface area contributed by atoms with Crippen LogP contribution in [0.25, 0.3) is 11.0 Å². The summed E-state index contributed by atoms with van der Waals surface area (Å²) in [5.74, 6) is 0.658. The van der Waals surface area contributed by atoms with E-state index in [1.807, 2.05) is 30.3 Å². The van der Waals surface area contributed by atoms with Gasteiger partial charge in [-0.05, 0) is 74.2 Å². The number of benzene rings is 2. The first-order valence-corrected chi connectivity index (χ1v) is 12.9. The van der Waals surface area contributed by atoms with E-state index in [1.165, 1.54) is 13.2 Å². The molecule has 0 amide bonds. The van der Waals surface area contributed by atoms with Crippen molar-refractivity contribution in [2.75, 3.05) is 33.9 Å². The molecule has 1 aliphatic carbocycles. The largest absolute Gasteiger partial charge is 1.00 e. The molecule has 2 aromatic carbocycles. The predicted molar refractivity (Wildman–Crippen MR) is 143 cm³/mol. The highest BCUT2D eigenvalue weighted by molar-refractivity contribution is 5.74. The molecule has 0 aliphatic heterocycles. The Morgan fingerprint density at radius 3 is 2.71 bits per heavy atom. The zero-order valence-electron chi connectivity index (χ0n) is 22.7. The zero-order valence-corrected chi connectivity index (χ0v) is 23.5. The smallest absolute Gasteiger partial charge is 0.332 e. The second kappa shape index (κ2) is 14.0. The van der Waals surface area contributed by atoms with Crippen LogP contribution in [0.2, 0.25) is 0 Å². The minimum absolute atomic E-state index is 0. The van der Waals surface area contributed by atoms with Crippen LogP contribution in [0, 0.1) is 11.7 Å². The first kappa shape index (κ1) is 31.7. The van der Waals surface area contributed by atoms with E-state index in [2.05, 4.69) is 35.8 Å². The maximum absolute atomic E-state index is 14.0. The molecule has 2 atom stereocenters. The summed E-state index contributed by atoms with van der Waals surface area (Å²) >= 11 is 0. The Morgan fingerprint density at radius 2 is 2.00 bits per heavy atom. The number of hydrogen-bond donors (Lipinski definition) is 1. The van der Waals surface area contributed by atoms with Gasteiger partial charge in [0.2, 0.25) is 0 Å². The van der Waals surface area contributed by atoms with Crippen LogP contribution < -0.4 is 12.4 Å². The first-order chi connectivity index (χ1) is 17.3. The Hall–Kier alpha value is -2.52. The Labute approximate surface area is 230 Å². The molecule has 1 heterocycles. The van der Waals surface area contributed by atoms with E-state index in [4.69, 9.17) is 9.47 Å². The molecule has 9 heteroatoms. The number of methoxy groups -OCH3 is 1. The molecule has 0 unspecified atom stereocenters. The number of aromatic amines is 1. The van der Waals surface area contributed by atoms with Gasteiger partial charge < -0.3 is 37.2 Å². The number of para-hydroxylation sites is 2. The second-order valence-corrected chi connectivity index (χ2v) is 10.4. The molecule has 3 aromatic rings. The van der Waals surface area contributed by atoms with E-state index in [1.54, 1.807) is 6.07 Å². The maximum atomic E-state index is 14.0. The molecule has 3 N–H and O–H groups in total. The van der Waals surface area contributed by atoms with Crippen molar-refractivity contribution in [2.24, 2.45) is 5.92 Å². The Morgan fingerprint density at radius 1 is 1.24 bits per heavy atom. The molecular formula is C29H40ClFN3O4-. The fourth-order valence-electron chi connectivity index (χ4n) is 5.80. The first-order valence-electron chi connectivity index (χ1n) is 12.9. The number of hydrogen-bond acceptors (Lipinski definition) is 5. The van der Waals surface area contributed by atoms with Gasteiger partial charge in [-0.1, -0.05) is 32.0 Å². The summed E-state index contributed by atoms with van der Waals surface area (Å²) in [4.78, 5) is 23.0. The molecule has 0 fully saturated rings. The van der Waals surface area contributed by atoms with Crippen LogP contribution in [0.15, 0.2) is 42.5 Å². The number of imidazole rings is 1. The van der Waals surface area contributed by atoms with Crippen molar-refractivity contribution in [1.82, 2.24) is 14.9 Å². The van der Waals surface area contributed by atoms with Gasteiger partial charge in [0, 0.05) is 32.4 Å². The summed E-state index contributed by atoms with van der Waals surface area (Å²) in [6.07, 6.45) is 3.92. The summed E-state index contributed by atoms with van der Waals surface area (Å²) in [5.41, 5.74) is 3.53. The number of rotatable bonds is 11. The molecule has 4 rings (SSSR count). The Bertz CT molecular complexity index is 1150. The van der Waals surface area contributed by atoms with E-state index in [0.29, 0.717) is 19.3 Å². The lowest BCUT2D eigenvalue weighted by molar-refractivity contribution is -0.172. The van der Waals surface area contributed by atoms with Crippen molar-refractivity contribution < 1.29 is 36.5 Å². The number of halogens is 2. The minimum atomic E-state index is -0.651. The number of carbonyl (C=O) groups is 1. The fraction of sp³-hybridized carbons (Fsp3) is 0.517. The van der Waals surface area contributed by atoms with Crippen molar-refractivity contribution in [1.29, 1.82) is 0 Å². The van der Waals surface area contributed by atoms with Crippen molar-refractivity contribution in [3.63, 3.8) is 0 Å². The molecule has 38 heavy (non-hydrogen) atoms. The highest BCUT2D eigenvalue weighted by Crippen LogP contribution is 2.48. The lowest BCUT2D eigenvalue weighted by Gasteiger charge is -2.47. The molecule has 0 radical (unpaired) electrons. The number of fused-ring (bicyclic) bond motifs is 2. The zero-order chi connectivity index (χ0) is 25.7. The van der Waals surface area contributed by atoms with E-state index >= 15 is 0 Å². The molecule has 7 nitrogen and oxygen atoms in total. The van der Waals surface area contributed by atoms with Crippen LogP contribution in [-0.2, 0) is 27.1 Å². The van der Waals surface area contributed by atoms with Crippen molar-refractivity contribution in [3.05, 3.63) is 65.2 Å². The number of aryl methyl sites for hydroxylation is 2. The third kappa shape index (κ3) is 7.32. The normalized spacial score (nSPS) is 18.7. The maximum Gasteiger partial charge on any atom is 0.332 e. The van der Waals surface area contributed by atoms with Gasteiger partial charge >= 0.3 is 5.97 Å². The topological polar surface area (TPSA) is 99.0 Å². The van der Waals surface area contributed by atoms with Gasteiger partial charge in [-0.3, -0.25) is 0 Å². The van der Waals surface area contributed by atoms with Gasteiger partial charge in [0.25, 0.3) is 0 Å². The van der Waals surface area contributed by atoms with E-state index in [0.717, 1.165) is 53.9 Å². The van der Waals surface area contributed by atoms with Gasteiger partial charge in [0.15, 0.2) is 0 Å². The Balaban J connectivity index is 0.00000253. The third-order valence-electron chi connectivity index (χ3n) is 7.38. The highest BCUT2D eigenvalue weighted by atomic mass is 35.5. The SMILES string of the molecule is COCC(=O)O[C@]1(CCN(C)CCCc2nc3ccccc3[nH]2)CCc2cc(F)ccc2[C@@H]1C(C)C.O.[Cl-]. The van der Waals surface area contributed by atoms with Crippen molar-refractivity contribution in [2.45, 2.75) is 57.5 Å². The number of nitrogens with zero attached hydrogens (tertiary/aromatic N) is 2. The highest BCUT2D eigenvalue weighted by Gasteiger charge is 2.47. The molecular weight excluding hydrogens is 509 g/mol. The third-order valence-corrected chi connectivity index (χ3v) is 7.38. The summed E-state index contributed by atoms with van der Waals surface area (Å²) < 4.78 is 25.3. The van der Waals surface area contributed by atoms with Crippen LogP contribution >= 0.6 is 0 Å². The molecule has 1 aliphatic rings. The van der Waals surface area contributed by atoms with E-state index < -0.39 is 5.60 Å². The van der Waals surface area contributed by atoms with E-state index in [9.17, 15) is 9.18 Å². The molecule has 1 aromatic heterocycles. The van der Waals surface area contributed by atoms with Crippen molar-refractivity contribution in [3.8, 4) is 0 Å². The van der Waals surface area contributed by atoms with Gasteiger partial charge in [-0.15, -0.1) is 0 Å². The number of ether oxygens (including phenoxy) is 2. The van der Waals surface area contributed by atoms with Gasteiger partial charge in [-0.2, -0.15) is 0 Å². The van der Waals surface area contributed by atoms with Crippen molar-refractivity contribution >= 4 is 17.0 Å². The minimum Gasteiger partial charge on any atom is -1.00 e. The number of nitrogens with one attached hydrogen (secondary N) is 1. The predicted octanol–water partition coefficient (Wildman–Crippen LogP) is 1.45. The average Bonchev–Trinajstić information content (AvgIpc) is 3.25. The van der Waals surface area contributed by atoms with E-state index in [-0.39, 0.29) is 48.1 Å². The standard InChI is InChI=1S/C29H38FN3O3.ClH.H2O/c1-20(2)28-23-12-11-22(30)18-21(23)13-14-29(28,36-27(34)19-35-4)15-17-33(3)16-7-10-26-31-24-8-5-6-9-25(24)32-26;;/h5-6,8-9,11-12,18,20,28H,7,10,13-17,19H2,1-4H3,(H,31,32);1H;1H2/p-1/t28-,29-;;/m0../s1. The van der Waals surface area contributed by atoms with Crippen LogP contribution in [0.3, 0.4) is 0 Å². The van der Waals surface area contributed by atoms with Crippen LogP contribution in [0.5, 0.6) is 0 Å². The number of carbonyl (C=O) groups excluding carboxylic acids is 1. The summed E-state index contributed by atoms with van der Waals surface area (Å²) in [7, 11) is 3.61. The van der Waals surface area contributed by atoms with Gasteiger partial charge in [-0.25, -0.2) is 14.2 Å². The number of H-pyrrole nitrogens is 1. The average molecular weight is 549 g/mol. The number of aromatic nitrogens is 2. The molecule has 0 bridgehead atoms. The lowest BCUT2D eigenvalue weighted by Crippen LogP contribution is -3.00. The molecule has 0 saturated heterocycles. The monoisotopic (exact) mass is 548 g/mol. The summed E-state index contributed by atoms with van der Waals surface area (Å²) in [5, 5.41) is 0. The summed E-state index contributed by atoms with van der Waals surface area (Å²) in [6.45, 7) is 5.93. The Kier molecular flexibility index (Phi) is 11.7. The molecule has 0 saturated carbocycles. The quantitative estimate of drug-likeness (QED) is 0.366. The van der Waals surface area contributed by atoms with Gasteiger partial charge in [0.1, 0.15) is 23.8 Å².